The fraction of sp³-hybridized carbons (Fsp3) is 0.316. The fourth-order valence-corrected chi connectivity index (χ4v) is 3.25. The van der Waals surface area contributed by atoms with Crippen LogP contribution in [0.15, 0.2) is 48.7 Å². The summed E-state index contributed by atoms with van der Waals surface area (Å²) in [7, 11) is 0. The zero-order valence-electron chi connectivity index (χ0n) is 14.4. The average molecular weight is 372 g/mol. The van der Waals surface area contributed by atoms with E-state index in [1.807, 2.05) is 22.9 Å². The highest BCUT2D eigenvalue weighted by Gasteiger charge is 2.18. The first-order valence-corrected chi connectivity index (χ1v) is 8.68. The van der Waals surface area contributed by atoms with Crippen LogP contribution in [0.5, 0.6) is 0 Å². The molecule has 0 aliphatic carbocycles. The van der Waals surface area contributed by atoms with Crippen LogP contribution in [-0.2, 0) is 6.54 Å². The van der Waals surface area contributed by atoms with E-state index in [0.717, 1.165) is 31.5 Å². The molecule has 0 unspecified atom stereocenters. The van der Waals surface area contributed by atoms with Crippen molar-refractivity contribution in [3.63, 3.8) is 0 Å². The molecular formula is C19H22ClN5O. The van der Waals surface area contributed by atoms with Crippen molar-refractivity contribution in [1.29, 1.82) is 0 Å². The zero-order chi connectivity index (χ0) is 17.1. The number of amides is 1. The zero-order valence-corrected chi connectivity index (χ0v) is 15.2. The van der Waals surface area contributed by atoms with Crippen molar-refractivity contribution in [3.05, 3.63) is 59.9 Å². The molecule has 0 bridgehead atoms. The Bertz CT molecular complexity index is 888. The van der Waals surface area contributed by atoms with Gasteiger partial charge in [-0.2, -0.15) is 0 Å². The number of piperidine rings is 1. The molecule has 1 aromatic heterocycles. The number of carbonyl (C=O) groups is 1. The molecule has 1 saturated heterocycles. The van der Waals surface area contributed by atoms with Gasteiger partial charge in [0.15, 0.2) is 5.69 Å². The number of carbonyl (C=O) groups excluding carboxylic acids is 1. The summed E-state index contributed by atoms with van der Waals surface area (Å²) < 4.78 is 1.83. The molecule has 1 aliphatic heterocycles. The van der Waals surface area contributed by atoms with Gasteiger partial charge in [-0.3, -0.25) is 4.79 Å². The number of rotatable bonds is 4. The minimum Gasteiger partial charge on any atom is -0.347 e. The van der Waals surface area contributed by atoms with Crippen molar-refractivity contribution < 1.29 is 4.79 Å². The summed E-state index contributed by atoms with van der Waals surface area (Å²) in [4.78, 5) is 12.3. The number of halogens is 1. The molecule has 4 rings (SSSR count). The van der Waals surface area contributed by atoms with Gasteiger partial charge in [0, 0.05) is 6.54 Å². The Labute approximate surface area is 158 Å². The van der Waals surface area contributed by atoms with Gasteiger partial charge in [-0.15, -0.1) is 17.5 Å². The van der Waals surface area contributed by atoms with Gasteiger partial charge in [0.1, 0.15) is 0 Å². The monoisotopic (exact) mass is 371 g/mol. The van der Waals surface area contributed by atoms with Gasteiger partial charge in [0.05, 0.1) is 12.2 Å². The van der Waals surface area contributed by atoms with Crippen LogP contribution in [0, 0.1) is 0 Å². The Morgan fingerprint density at radius 1 is 1.15 bits per heavy atom. The SMILES string of the molecule is Cl.O=C(NCc1ccc2ccccc2c1)c1cn(C2CCNCC2)nn1. The number of nitrogens with zero attached hydrogens (tertiary/aromatic N) is 3. The van der Waals surface area contributed by atoms with E-state index >= 15 is 0 Å². The third-order valence-corrected chi connectivity index (χ3v) is 4.69. The summed E-state index contributed by atoms with van der Waals surface area (Å²) in [6.07, 6.45) is 3.79. The number of nitrogens with one attached hydrogen (secondary N) is 2. The second kappa shape index (κ2) is 8.29. The maximum Gasteiger partial charge on any atom is 0.273 e. The molecule has 2 heterocycles. The third-order valence-electron chi connectivity index (χ3n) is 4.69. The summed E-state index contributed by atoms with van der Waals surface area (Å²) in [5.41, 5.74) is 1.44. The molecule has 7 heteroatoms. The minimum absolute atomic E-state index is 0. The summed E-state index contributed by atoms with van der Waals surface area (Å²) in [5, 5.41) is 16.8. The molecule has 3 aromatic rings. The van der Waals surface area contributed by atoms with Crippen molar-refractivity contribution in [2.24, 2.45) is 0 Å². The number of benzene rings is 2. The van der Waals surface area contributed by atoms with E-state index in [0.29, 0.717) is 18.3 Å². The summed E-state index contributed by atoms with van der Waals surface area (Å²) in [6, 6.07) is 14.7. The van der Waals surface area contributed by atoms with Gasteiger partial charge in [0.2, 0.25) is 0 Å². The van der Waals surface area contributed by atoms with E-state index in [-0.39, 0.29) is 18.3 Å². The first-order chi connectivity index (χ1) is 12.3. The first-order valence-electron chi connectivity index (χ1n) is 8.68. The molecule has 2 N–H and O–H groups in total. The van der Waals surface area contributed by atoms with Crippen LogP contribution in [0.25, 0.3) is 10.8 Å². The number of hydrogen-bond acceptors (Lipinski definition) is 4. The molecule has 26 heavy (non-hydrogen) atoms. The van der Waals surface area contributed by atoms with Crippen molar-refractivity contribution in [1.82, 2.24) is 25.6 Å². The van der Waals surface area contributed by atoms with Gasteiger partial charge < -0.3 is 10.6 Å². The van der Waals surface area contributed by atoms with E-state index in [2.05, 4.69) is 45.2 Å². The average Bonchev–Trinajstić information content (AvgIpc) is 3.17. The van der Waals surface area contributed by atoms with E-state index in [1.165, 1.54) is 10.8 Å². The molecule has 0 radical (unpaired) electrons. The molecule has 2 aromatic carbocycles. The molecule has 0 saturated carbocycles. The molecule has 0 atom stereocenters. The Morgan fingerprint density at radius 3 is 2.73 bits per heavy atom. The Morgan fingerprint density at radius 2 is 1.92 bits per heavy atom. The quantitative estimate of drug-likeness (QED) is 0.739. The van der Waals surface area contributed by atoms with Crippen LogP contribution in [0.3, 0.4) is 0 Å². The van der Waals surface area contributed by atoms with Gasteiger partial charge in [-0.25, -0.2) is 4.68 Å². The lowest BCUT2D eigenvalue weighted by Crippen LogP contribution is -2.29. The first kappa shape index (κ1) is 18.4. The Balaban J connectivity index is 0.00000196. The van der Waals surface area contributed by atoms with Crippen molar-refractivity contribution >= 4 is 29.1 Å². The smallest absolute Gasteiger partial charge is 0.273 e. The van der Waals surface area contributed by atoms with Crippen molar-refractivity contribution in [2.75, 3.05) is 13.1 Å². The van der Waals surface area contributed by atoms with Crippen molar-refractivity contribution in [2.45, 2.75) is 25.4 Å². The highest BCUT2D eigenvalue weighted by atomic mass is 35.5. The summed E-state index contributed by atoms with van der Waals surface area (Å²) in [5.74, 6) is -0.187. The molecule has 1 amide bonds. The van der Waals surface area contributed by atoms with E-state index < -0.39 is 0 Å². The van der Waals surface area contributed by atoms with Crippen LogP contribution in [0.2, 0.25) is 0 Å². The molecular weight excluding hydrogens is 350 g/mol. The van der Waals surface area contributed by atoms with Gasteiger partial charge in [-0.1, -0.05) is 41.6 Å². The minimum atomic E-state index is -0.187. The predicted octanol–water partition coefficient (Wildman–Crippen LogP) is 2.71. The van der Waals surface area contributed by atoms with Gasteiger partial charge >= 0.3 is 0 Å². The molecule has 1 fully saturated rings. The fourth-order valence-electron chi connectivity index (χ4n) is 3.25. The third kappa shape index (κ3) is 4.03. The molecule has 0 spiro atoms. The largest absolute Gasteiger partial charge is 0.347 e. The van der Waals surface area contributed by atoms with Crippen LogP contribution < -0.4 is 10.6 Å². The second-order valence-corrected chi connectivity index (χ2v) is 6.43. The van der Waals surface area contributed by atoms with Gasteiger partial charge in [-0.05, 0) is 48.3 Å². The highest BCUT2D eigenvalue weighted by molar-refractivity contribution is 5.92. The second-order valence-electron chi connectivity index (χ2n) is 6.43. The molecule has 6 nitrogen and oxygen atoms in total. The maximum absolute atomic E-state index is 12.3. The standard InChI is InChI=1S/C19H21N5O.ClH/c25-19(18-13-24(23-22-18)17-7-9-20-10-8-17)21-12-14-5-6-15-3-1-2-4-16(15)11-14;/h1-6,11,13,17,20H,7-10,12H2,(H,21,25);1H. The lowest BCUT2D eigenvalue weighted by molar-refractivity contribution is 0.0946. The molecule has 1 aliphatic rings. The maximum atomic E-state index is 12.3. The van der Waals surface area contributed by atoms with Crippen LogP contribution in [-0.4, -0.2) is 34.0 Å². The van der Waals surface area contributed by atoms with E-state index in [9.17, 15) is 4.79 Å². The Hall–Kier alpha value is -2.44. The number of hydrogen-bond donors (Lipinski definition) is 2. The van der Waals surface area contributed by atoms with Gasteiger partial charge in [0.25, 0.3) is 5.91 Å². The predicted molar refractivity (Wildman–Crippen MR) is 104 cm³/mol. The lowest BCUT2D eigenvalue weighted by Gasteiger charge is -2.22. The number of aromatic nitrogens is 3. The van der Waals surface area contributed by atoms with Crippen LogP contribution in [0.1, 0.15) is 34.9 Å². The van der Waals surface area contributed by atoms with E-state index in [4.69, 9.17) is 0 Å². The number of fused-ring (bicyclic) bond motifs is 1. The highest BCUT2D eigenvalue weighted by Crippen LogP contribution is 2.17. The van der Waals surface area contributed by atoms with Crippen LogP contribution in [0.4, 0.5) is 0 Å². The normalized spacial score (nSPS) is 14.8. The summed E-state index contributed by atoms with van der Waals surface area (Å²) >= 11 is 0. The topological polar surface area (TPSA) is 71.8 Å². The van der Waals surface area contributed by atoms with E-state index in [1.54, 1.807) is 6.20 Å². The molecule has 136 valence electrons. The summed E-state index contributed by atoms with van der Waals surface area (Å²) in [6.45, 7) is 2.44. The van der Waals surface area contributed by atoms with Crippen molar-refractivity contribution in [3.8, 4) is 0 Å². The Kier molecular flexibility index (Phi) is 5.85. The van der Waals surface area contributed by atoms with Crippen LogP contribution >= 0.6 is 12.4 Å². The lowest BCUT2D eigenvalue weighted by atomic mass is 10.1.